The molecule has 0 spiro atoms. The third kappa shape index (κ3) is 2.37. The zero-order chi connectivity index (χ0) is 13.2. The van der Waals surface area contributed by atoms with Crippen molar-refractivity contribution in [3.8, 4) is 0 Å². The van der Waals surface area contributed by atoms with Crippen molar-refractivity contribution in [2.75, 3.05) is 5.73 Å². The van der Waals surface area contributed by atoms with Gasteiger partial charge in [-0.2, -0.15) is 0 Å². The largest absolute Gasteiger partial charge is 0.384 e. The average Bonchev–Trinajstić information content (AvgIpc) is 2.77. The average molecular weight is 255 g/mol. The summed E-state index contributed by atoms with van der Waals surface area (Å²) < 4.78 is 2.22. The molecule has 0 aliphatic carbocycles. The first-order chi connectivity index (χ1) is 9.25. The van der Waals surface area contributed by atoms with E-state index >= 15 is 0 Å². The molecule has 1 aliphatic rings. The van der Waals surface area contributed by atoms with Gasteiger partial charge in [-0.25, -0.2) is 4.98 Å². The van der Waals surface area contributed by atoms with Gasteiger partial charge >= 0.3 is 0 Å². The molecule has 2 heterocycles. The summed E-state index contributed by atoms with van der Waals surface area (Å²) in [7, 11) is 0. The summed E-state index contributed by atoms with van der Waals surface area (Å²) in [4.78, 5) is 4.78. The fraction of sp³-hybridized carbons (Fsp3) is 0.438. The number of fused-ring (bicyclic) bond motifs is 1. The maximum atomic E-state index is 6.25. The van der Waals surface area contributed by atoms with E-state index in [-0.39, 0.29) is 0 Å². The Labute approximate surface area is 114 Å². The Morgan fingerprint density at radius 2 is 2.05 bits per heavy atom. The third-order valence-corrected chi connectivity index (χ3v) is 4.07. The van der Waals surface area contributed by atoms with Crippen molar-refractivity contribution in [2.45, 2.75) is 45.1 Å². The molecule has 1 unspecified atom stereocenters. The Morgan fingerprint density at radius 1 is 1.26 bits per heavy atom. The van der Waals surface area contributed by atoms with Gasteiger partial charge < -0.3 is 10.3 Å². The standard InChI is InChI=1S/C16H21N3/c1-12-6-5-11-19-15(17)14(18-16(12)19)10-9-13-7-3-2-4-8-13/h2-4,7-8,12H,5-6,9-11,17H2,1H3. The predicted octanol–water partition coefficient (Wildman–Crippen LogP) is 3.15. The summed E-state index contributed by atoms with van der Waals surface area (Å²) in [5.74, 6) is 2.62. The van der Waals surface area contributed by atoms with Gasteiger partial charge in [-0.3, -0.25) is 0 Å². The van der Waals surface area contributed by atoms with Crippen LogP contribution in [0.2, 0.25) is 0 Å². The van der Waals surface area contributed by atoms with Gasteiger partial charge in [0.25, 0.3) is 0 Å². The molecule has 2 aromatic rings. The number of nitrogens with zero attached hydrogens (tertiary/aromatic N) is 2. The molecule has 3 rings (SSSR count). The van der Waals surface area contributed by atoms with Crippen LogP contribution in [0.5, 0.6) is 0 Å². The first kappa shape index (κ1) is 12.3. The molecular weight excluding hydrogens is 234 g/mol. The second-order valence-electron chi connectivity index (χ2n) is 5.48. The summed E-state index contributed by atoms with van der Waals surface area (Å²) in [6, 6.07) is 10.5. The number of benzene rings is 1. The monoisotopic (exact) mass is 255 g/mol. The lowest BCUT2D eigenvalue weighted by Gasteiger charge is -2.20. The third-order valence-electron chi connectivity index (χ3n) is 4.07. The van der Waals surface area contributed by atoms with Crippen LogP contribution in [0.4, 0.5) is 5.82 Å². The maximum Gasteiger partial charge on any atom is 0.126 e. The minimum atomic E-state index is 0.543. The van der Waals surface area contributed by atoms with Crippen LogP contribution in [0.25, 0.3) is 0 Å². The highest BCUT2D eigenvalue weighted by Crippen LogP contribution is 2.30. The van der Waals surface area contributed by atoms with E-state index in [9.17, 15) is 0 Å². The second kappa shape index (κ2) is 5.08. The molecule has 0 saturated carbocycles. The fourth-order valence-corrected chi connectivity index (χ4v) is 2.92. The van der Waals surface area contributed by atoms with Crippen LogP contribution in [-0.4, -0.2) is 9.55 Å². The minimum Gasteiger partial charge on any atom is -0.384 e. The topological polar surface area (TPSA) is 43.8 Å². The summed E-state index contributed by atoms with van der Waals surface area (Å²) >= 11 is 0. The zero-order valence-corrected chi connectivity index (χ0v) is 11.5. The van der Waals surface area contributed by atoms with E-state index in [1.807, 2.05) is 0 Å². The number of imidazole rings is 1. The number of nitrogens with two attached hydrogens (primary N) is 1. The highest BCUT2D eigenvalue weighted by atomic mass is 15.2. The summed E-state index contributed by atoms with van der Waals surface area (Å²) in [5.41, 5.74) is 8.68. The van der Waals surface area contributed by atoms with Crippen LogP contribution in [0.1, 0.15) is 42.8 Å². The Bertz CT molecular complexity index is 557. The van der Waals surface area contributed by atoms with Gasteiger partial charge in [-0.05, 0) is 31.2 Å². The molecule has 3 heteroatoms. The van der Waals surface area contributed by atoms with E-state index in [0.717, 1.165) is 30.9 Å². The molecule has 0 fully saturated rings. The van der Waals surface area contributed by atoms with Gasteiger partial charge in [0, 0.05) is 12.5 Å². The van der Waals surface area contributed by atoms with Gasteiger partial charge in [0.15, 0.2) is 0 Å². The van der Waals surface area contributed by atoms with Gasteiger partial charge in [0.05, 0.1) is 5.69 Å². The molecule has 100 valence electrons. The smallest absolute Gasteiger partial charge is 0.126 e. The van der Waals surface area contributed by atoms with Crippen molar-refractivity contribution in [3.05, 3.63) is 47.4 Å². The predicted molar refractivity (Wildman–Crippen MR) is 78.1 cm³/mol. The van der Waals surface area contributed by atoms with Crippen molar-refractivity contribution in [3.63, 3.8) is 0 Å². The maximum absolute atomic E-state index is 6.25. The van der Waals surface area contributed by atoms with Crippen molar-refractivity contribution >= 4 is 5.82 Å². The highest BCUT2D eigenvalue weighted by Gasteiger charge is 2.22. The van der Waals surface area contributed by atoms with Crippen LogP contribution >= 0.6 is 0 Å². The van der Waals surface area contributed by atoms with Crippen molar-refractivity contribution in [1.29, 1.82) is 0 Å². The molecular formula is C16H21N3. The lowest BCUT2D eigenvalue weighted by atomic mass is 10.0. The van der Waals surface area contributed by atoms with E-state index in [0.29, 0.717) is 5.92 Å². The first-order valence-corrected chi connectivity index (χ1v) is 7.14. The Morgan fingerprint density at radius 3 is 2.79 bits per heavy atom. The van der Waals surface area contributed by atoms with Gasteiger partial charge in [-0.1, -0.05) is 37.3 Å². The van der Waals surface area contributed by atoms with E-state index in [4.69, 9.17) is 10.7 Å². The lowest BCUT2D eigenvalue weighted by Crippen LogP contribution is -2.15. The summed E-state index contributed by atoms with van der Waals surface area (Å²) in [5, 5.41) is 0. The molecule has 1 atom stereocenters. The molecule has 0 saturated heterocycles. The Balaban J connectivity index is 1.79. The number of hydrogen-bond acceptors (Lipinski definition) is 2. The molecule has 1 aromatic carbocycles. The number of nitrogen functional groups attached to an aromatic ring is 1. The lowest BCUT2D eigenvalue weighted by molar-refractivity contribution is 0.467. The van der Waals surface area contributed by atoms with Gasteiger partial charge in [0.1, 0.15) is 11.6 Å². The van der Waals surface area contributed by atoms with E-state index in [1.165, 1.54) is 24.2 Å². The fourth-order valence-electron chi connectivity index (χ4n) is 2.92. The van der Waals surface area contributed by atoms with E-state index < -0.39 is 0 Å². The van der Waals surface area contributed by atoms with Crippen molar-refractivity contribution in [1.82, 2.24) is 9.55 Å². The Hall–Kier alpha value is -1.77. The molecule has 0 radical (unpaired) electrons. The Kier molecular flexibility index (Phi) is 3.28. The van der Waals surface area contributed by atoms with Crippen LogP contribution in [0.15, 0.2) is 30.3 Å². The number of rotatable bonds is 3. The zero-order valence-electron chi connectivity index (χ0n) is 11.5. The van der Waals surface area contributed by atoms with Crippen LogP contribution < -0.4 is 5.73 Å². The molecule has 1 aromatic heterocycles. The van der Waals surface area contributed by atoms with Crippen LogP contribution in [-0.2, 0) is 19.4 Å². The first-order valence-electron chi connectivity index (χ1n) is 7.14. The normalized spacial score (nSPS) is 18.3. The molecule has 1 aliphatic heterocycles. The number of aryl methyl sites for hydroxylation is 2. The highest BCUT2D eigenvalue weighted by molar-refractivity contribution is 5.40. The number of aromatic nitrogens is 2. The van der Waals surface area contributed by atoms with Gasteiger partial charge in [-0.15, -0.1) is 0 Å². The summed E-state index contributed by atoms with van der Waals surface area (Å²) in [6.45, 7) is 3.28. The van der Waals surface area contributed by atoms with E-state index in [2.05, 4.69) is 41.8 Å². The van der Waals surface area contributed by atoms with Crippen LogP contribution in [0, 0.1) is 0 Å². The molecule has 0 bridgehead atoms. The molecule has 19 heavy (non-hydrogen) atoms. The number of hydrogen-bond donors (Lipinski definition) is 1. The molecule has 2 N–H and O–H groups in total. The van der Waals surface area contributed by atoms with Gasteiger partial charge in [0.2, 0.25) is 0 Å². The van der Waals surface area contributed by atoms with Crippen molar-refractivity contribution in [2.24, 2.45) is 0 Å². The van der Waals surface area contributed by atoms with E-state index in [1.54, 1.807) is 0 Å². The molecule has 0 amide bonds. The summed E-state index contributed by atoms with van der Waals surface area (Å²) in [6.07, 6.45) is 4.39. The second-order valence-corrected chi connectivity index (χ2v) is 5.48. The van der Waals surface area contributed by atoms with Crippen molar-refractivity contribution < 1.29 is 0 Å². The molecule has 3 nitrogen and oxygen atoms in total. The quantitative estimate of drug-likeness (QED) is 0.915. The van der Waals surface area contributed by atoms with Crippen LogP contribution in [0.3, 0.4) is 0 Å². The minimum absolute atomic E-state index is 0.543. The SMILES string of the molecule is CC1CCCn2c1nc(CCc1ccccc1)c2N. The number of anilines is 1.